The molecule has 30 heavy (non-hydrogen) atoms. The Bertz CT molecular complexity index is 1070. The highest BCUT2D eigenvalue weighted by Crippen LogP contribution is 2.31. The standard InChI is InChI=1S/C20H25N5O3S2/c1-6-28-19(27)17-14(7-11(2)3)9-29-18(17)22-16(26)10-30-20-24-23-15-8-12(4)21-13(5)25(15)20/h8-9,11H,6-7,10H2,1-5H3,(H,22,26). The number of hydrogen-bond acceptors (Lipinski definition) is 8. The van der Waals surface area contributed by atoms with Crippen molar-refractivity contribution in [1.29, 1.82) is 0 Å². The molecule has 0 aromatic carbocycles. The van der Waals surface area contributed by atoms with E-state index >= 15 is 0 Å². The van der Waals surface area contributed by atoms with Gasteiger partial charge in [0.2, 0.25) is 5.91 Å². The van der Waals surface area contributed by atoms with Crippen LogP contribution in [0.5, 0.6) is 0 Å². The average molecular weight is 448 g/mol. The second-order valence-corrected chi connectivity index (χ2v) is 9.06. The quantitative estimate of drug-likeness (QED) is 0.413. The maximum absolute atomic E-state index is 12.6. The molecule has 3 aromatic heterocycles. The van der Waals surface area contributed by atoms with E-state index < -0.39 is 5.97 Å². The van der Waals surface area contributed by atoms with Crippen LogP contribution in [-0.4, -0.2) is 43.8 Å². The third-order valence-electron chi connectivity index (χ3n) is 4.22. The molecule has 0 aliphatic carbocycles. The fourth-order valence-corrected chi connectivity index (χ4v) is 4.86. The van der Waals surface area contributed by atoms with Crippen molar-refractivity contribution >= 4 is 45.6 Å². The summed E-state index contributed by atoms with van der Waals surface area (Å²) in [5.74, 6) is 0.650. The lowest BCUT2D eigenvalue weighted by molar-refractivity contribution is -0.113. The van der Waals surface area contributed by atoms with Crippen LogP contribution in [0.25, 0.3) is 5.65 Å². The van der Waals surface area contributed by atoms with E-state index in [4.69, 9.17) is 4.74 Å². The van der Waals surface area contributed by atoms with Gasteiger partial charge >= 0.3 is 5.97 Å². The molecule has 0 saturated heterocycles. The Labute approximate surface area is 183 Å². The number of nitrogens with one attached hydrogen (secondary N) is 1. The number of aromatic nitrogens is 4. The number of amides is 1. The van der Waals surface area contributed by atoms with Crippen molar-refractivity contribution in [2.45, 2.75) is 46.2 Å². The molecule has 0 unspecified atom stereocenters. The molecular weight excluding hydrogens is 422 g/mol. The van der Waals surface area contributed by atoms with E-state index in [9.17, 15) is 9.59 Å². The zero-order valence-corrected chi connectivity index (χ0v) is 19.3. The van der Waals surface area contributed by atoms with Gasteiger partial charge in [-0.15, -0.1) is 21.5 Å². The summed E-state index contributed by atoms with van der Waals surface area (Å²) in [6.45, 7) is 10.00. The summed E-state index contributed by atoms with van der Waals surface area (Å²) >= 11 is 2.62. The molecule has 3 rings (SSSR count). The second kappa shape index (κ2) is 9.57. The van der Waals surface area contributed by atoms with Gasteiger partial charge in [0.1, 0.15) is 10.8 Å². The lowest BCUT2D eigenvalue weighted by Crippen LogP contribution is -2.17. The summed E-state index contributed by atoms with van der Waals surface area (Å²) in [4.78, 5) is 29.5. The van der Waals surface area contributed by atoms with Crippen LogP contribution >= 0.6 is 23.1 Å². The number of ether oxygens (including phenoxy) is 1. The average Bonchev–Trinajstić information content (AvgIpc) is 3.23. The molecule has 0 fully saturated rings. The molecule has 0 spiro atoms. The van der Waals surface area contributed by atoms with Crippen LogP contribution in [0.2, 0.25) is 0 Å². The van der Waals surface area contributed by atoms with Gasteiger partial charge in [0.25, 0.3) is 0 Å². The molecule has 8 nitrogen and oxygen atoms in total. The number of anilines is 1. The number of esters is 1. The van der Waals surface area contributed by atoms with Crippen molar-refractivity contribution < 1.29 is 14.3 Å². The Morgan fingerprint density at radius 1 is 1.30 bits per heavy atom. The Balaban J connectivity index is 1.74. The van der Waals surface area contributed by atoms with Gasteiger partial charge in [-0.05, 0) is 44.1 Å². The third kappa shape index (κ3) is 4.99. The van der Waals surface area contributed by atoms with Crippen LogP contribution in [0.15, 0.2) is 16.6 Å². The van der Waals surface area contributed by atoms with Crippen molar-refractivity contribution in [2.75, 3.05) is 17.7 Å². The Morgan fingerprint density at radius 2 is 2.07 bits per heavy atom. The summed E-state index contributed by atoms with van der Waals surface area (Å²) in [5.41, 5.74) is 2.92. The Kier molecular flexibility index (Phi) is 7.09. The minimum atomic E-state index is -0.405. The zero-order chi connectivity index (χ0) is 21.8. The monoisotopic (exact) mass is 447 g/mol. The number of hydrogen-bond donors (Lipinski definition) is 1. The van der Waals surface area contributed by atoms with Crippen LogP contribution in [0, 0.1) is 19.8 Å². The highest BCUT2D eigenvalue weighted by atomic mass is 32.2. The predicted octanol–water partition coefficient (Wildman–Crippen LogP) is 3.91. The first-order chi connectivity index (χ1) is 14.3. The van der Waals surface area contributed by atoms with E-state index in [0.29, 0.717) is 27.3 Å². The Morgan fingerprint density at radius 3 is 2.77 bits per heavy atom. The van der Waals surface area contributed by atoms with Gasteiger partial charge < -0.3 is 10.1 Å². The van der Waals surface area contributed by atoms with Crippen molar-refractivity contribution in [2.24, 2.45) is 5.92 Å². The molecule has 0 atom stereocenters. The Hall–Kier alpha value is -2.46. The molecule has 0 aliphatic heterocycles. The molecule has 0 saturated carbocycles. The molecule has 160 valence electrons. The number of carbonyl (C=O) groups excluding carboxylic acids is 2. The predicted molar refractivity (Wildman–Crippen MR) is 118 cm³/mol. The fraction of sp³-hybridized carbons (Fsp3) is 0.450. The SMILES string of the molecule is CCOC(=O)c1c(CC(C)C)csc1NC(=O)CSc1nnc2cc(C)nc(C)n12. The maximum Gasteiger partial charge on any atom is 0.341 e. The minimum absolute atomic E-state index is 0.133. The van der Waals surface area contributed by atoms with Crippen LogP contribution in [0.1, 0.15) is 48.2 Å². The number of aryl methyl sites for hydroxylation is 2. The van der Waals surface area contributed by atoms with E-state index in [1.165, 1.54) is 23.1 Å². The first kappa shape index (κ1) is 22.2. The topological polar surface area (TPSA) is 98.5 Å². The summed E-state index contributed by atoms with van der Waals surface area (Å²) in [5, 5.41) is 14.2. The van der Waals surface area contributed by atoms with E-state index in [-0.39, 0.29) is 18.3 Å². The lowest BCUT2D eigenvalue weighted by Gasteiger charge is -2.10. The largest absolute Gasteiger partial charge is 0.462 e. The van der Waals surface area contributed by atoms with Crippen molar-refractivity contribution in [3.63, 3.8) is 0 Å². The number of rotatable bonds is 8. The molecule has 3 aromatic rings. The highest BCUT2D eigenvalue weighted by Gasteiger charge is 2.22. The van der Waals surface area contributed by atoms with Gasteiger partial charge in [-0.2, -0.15) is 0 Å². The fourth-order valence-electron chi connectivity index (χ4n) is 3.09. The van der Waals surface area contributed by atoms with Crippen LogP contribution in [0.4, 0.5) is 5.00 Å². The maximum atomic E-state index is 12.6. The van der Waals surface area contributed by atoms with E-state index in [1.54, 1.807) is 6.92 Å². The van der Waals surface area contributed by atoms with Gasteiger partial charge in [-0.1, -0.05) is 25.6 Å². The molecule has 0 aliphatic rings. The van der Waals surface area contributed by atoms with Crippen LogP contribution in [-0.2, 0) is 16.0 Å². The van der Waals surface area contributed by atoms with Crippen molar-refractivity contribution in [3.8, 4) is 0 Å². The van der Waals surface area contributed by atoms with Gasteiger partial charge in [-0.25, -0.2) is 9.78 Å². The summed E-state index contributed by atoms with van der Waals surface area (Å²) in [6, 6.07) is 1.84. The van der Waals surface area contributed by atoms with Gasteiger partial charge in [-0.3, -0.25) is 9.20 Å². The number of thioether (sulfide) groups is 1. The first-order valence-electron chi connectivity index (χ1n) is 9.69. The second-order valence-electron chi connectivity index (χ2n) is 7.24. The van der Waals surface area contributed by atoms with E-state index in [2.05, 4.69) is 34.3 Å². The molecular formula is C20H25N5O3S2. The third-order valence-corrected chi connectivity index (χ3v) is 6.09. The molecule has 0 bridgehead atoms. The van der Waals surface area contributed by atoms with Gasteiger partial charge in [0.15, 0.2) is 10.8 Å². The van der Waals surface area contributed by atoms with E-state index in [1.807, 2.05) is 29.7 Å². The van der Waals surface area contributed by atoms with Crippen LogP contribution in [0.3, 0.4) is 0 Å². The summed E-state index contributed by atoms with van der Waals surface area (Å²) in [7, 11) is 0. The molecule has 0 radical (unpaired) electrons. The van der Waals surface area contributed by atoms with Gasteiger partial charge in [0, 0.05) is 11.8 Å². The number of thiophene rings is 1. The highest BCUT2D eigenvalue weighted by molar-refractivity contribution is 7.99. The number of fused-ring (bicyclic) bond motifs is 1. The van der Waals surface area contributed by atoms with E-state index in [0.717, 1.165) is 23.5 Å². The zero-order valence-electron chi connectivity index (χ0n) is 17.7. The molecule has 1 N–H and O–H groups in total. The van der Waals surface area contributed by atoms with Crippen LogP contribution < -0.4 is 5.32 Å². The number of carbonyl (C=O) groups is 2. The van der Waals surface area contributed by atoms with Gasteiger partial charge in [0.05, 0.1) is 17.9 Å². The lowest BCUT2D eigenvalue weighted by atomic mass is 10.0. The molecule has 1 amide bonds. The number of nitrogens with zero attached hydrogens (tertiary/aromatic N) is 4. The normalized spacial score (nSPS) is 11.3. The smallest absolute Gasteiger partial charge is 0.341 e. The minimum Gasteiger partial charge on any atom is -0.462 e. The molecule has 3 heterocycles. The first-order valence-corrected chi connectivity index (χ1v) is 11.6. The van der Waals surface area contributed by atoms with Crippen molar-refractivity contribution in [3.05, 3.63) is 34.1 Å². The summed E-state index contributed by atoms with van der Waals surface area (Å²) in [6.07, 6.45) is 0.743. The summed E-state index contributed by atoms with van der Waals surface area (Å²) < 4.78 is 7.02. The van der Waals surface area contributed by atoms with Crippen molar-refractivity contribution in [1.82, 2.24) is 19.6 Å². The molecule has 10 heteroatoms.